The zero-order valence-electron chi connectivity index (χ0n) is 16.4. The molecule has 0 spiro atoms. The molecule has 4 heterocycles. The molecular weight excluding hydrogens is 406 g/mol. The summed E-state index contributed by atoms with van der Waals surface area (Å²) in [6, 6.07) is 5.78. The van der Waals surface area contributed by atoms with Gasteiger partial charge in [-0.3, -0.25) is 9.59 Å². The molecule has 0 saturated carbocycles. The molecule has 0 bridgehead atoms. The van der Waals surface area contributed by atoms with Gasteiger partial charge in [-0.15, -0.1) is 23.1 Å². The summed E-state index contributed by atoms with van der Waals surface area (Å²) in [6.07, 6.45) is 3.83. The Kier molecular flexibility index (Phi) is 5.42. The Hall–Kier alpha value is -2.65. The van der Waals surface area contributed by atoms with Crippen molar-refractivity contribution in [2.75, 3.05) is 0 Å². The number of hydrogen-bond donors (Lipinski definition) is 2. The predicted octanol–water partition coefficient (Wildman–Crippen LogP) is 3.19. The quantitative estimate of drug-likeness (QED) is 0.493. The normalized spacial score (nSPS) is 12.5. The lowest BCUT2D eigenvalue weighted by atomic mass is 10.2. The van der Waals surface area contributed by atoms with Crippen molar-refractivity contribution in [3.63, 3.8) is 0 Å². The van der Waals surface area contributed by atoms with E-state index in [1.807, 2.05) is 55.8 Å². The molecule has 4 rings (SSSR count). The Morgan fingerprint density at radius 1 is 1.34 bits per heavy atom. The van der Waals surface area contributed by atoms with E-state index in [-0.39, 0.29) is 16.7 Å². The molecule has 2 N–H and O–H groups in total. The average Bonchev–Trinajstić information content (AvgIpc) is 3.24. The van der Waals surface area contributed by atoms with Gasteiger partial charge in [0, 0.05) is 17.3 Å². The third-order valence-electron chi connectivity index (χ3n) is 4.79. The first-order valence-electron chi connectivity index (χ1n) is 9.23. The second-order valence-electron chi connectivity index (χ2n) is 6.85. The van der Waals surface area contributed by atoms with Crippen LogP contribution in [-0.2, 0) is 17.1 Å². The summed E-state index contributed by atoms with van der Waals surface area (Å²) in [5.74, 6) is 0.983. The molecule has 0 saturated heterocycles. The van der Waals surface area contributed by atoms with E-state index in [4.69, 9.17) is 0 Å². The van der Waals surface area contributed by atoms with Gasteiger partial charge in [0.15, 0.2) is 0 Å². The Morgan fingerprint density at radius 3 is 2.97 bits per heavy atom. The van der Waals surface area contributed by atoms with Gasteiger partial charge in [0.25, 0.3) is 5.56 Å². The molecule has 0 aliphatic carbocycles. The predicted molar refractivity (Wildman–Crippen MR) is 118 cm³/mol. The second-order valence-corrected chi connectivity index (χ2v) is 9.38. The molecule has 1 atom stereocenters. The van der Waals surface area contributed by atoms with Crippen LogP contribution in [0.4, 0.5) is 0 Å². The van der Waals surface area contributed by atoms with E-state index < -0.39 is 0 Å². The maximum atomic E-state index is 12.4. The number of fused-ring (bicyclic) bond motifs is 2. The van der Waals surface area contributed by atoms with Gasteiger partial charge in [-0.25, -0.2) is 9.97 Å². The van der Waals surface area contributed by atoms with Crippen LogP contribution in [0.1, 0.15) is 28.9 Å². The number of nitrogens with one attached hydrogen (secondary N) is 2. The van der Waals surface area contributed by atoms with Crippen molar-refractivity contribution >= 4 is 44.9 Å². The van der Waals surface area contributed by atoms with E-state index in [2.05, 4.69) is 20.3 Å². The van der Waals surface area contributed by atoms with E-state index in [1.165, 1.54) is 23.1 Å². The van der Waals surface area contributed by atoms with Gasteiger partial charge in [-0.05, 0) is 38.5 Å². The molecule has 29 heavy (non-hydrogen) atoms. The van der Waals surface area contributed by atoms with Crippen LogP contribution in [0.15, 0.2) is 35.4 Å². The molecule has 4 aromatic rings. The molecule has 4 aromatic heterocycles. The fraction of sp³-hybridized carbons (Fsp3) is 0.300. The lowest BCUT2D eigenvalue weighted by Crippen LogP contribution is -2.30. The first-order valence-corrected chi connectivity index (χ1v) is 11.1. The number of aromatic nitrogens is 4. The second kappa shape index (κ2) is 8.00. The van der Waals surface area contributed by atoms with Gasteiger partial charge in [-0.2, -0.15) is 0 Å². The van der Waals surface area contributed by atoms with Crippen molar-refractivity contribution < 1.29 is 4.79 Å². The monoisotopic (exact) mass is 427 g/mol. The third-order valence-corrected chi connectivity index (χ3v) is 7.04. The average molecular weight is 428 g/mol. The Bertz CT molecular complexity index is 1220. The highest BCUT2D eigenvalue weighted by Gasteiger charge is 2.16. The molecule has 9 heteroatoms. The van der Waals surface area contributed by atoms with Gasteiger partial charge < -0.3 is 14.7 Å². The Morgan fingerprint density at radius 2 is 2.17 bits per heavy atom. The molecule has 1 amide bonds. The number of rotatable bonds is 6. The van der Waals surface area contributed by atoms with E-state index in [0.29, 0.717) is 23.5 Å². The number of thioether (sulfide) groups is 1. The van der Waals surface area contributed by atoms with Crippen LogP contribution in [0.2, 0.25) is 0 Å². The molecule has 150 valence electrons. The summed E-state index contributed by atoms with van der Waals surface area (Å²) in [7, 11) is 0. The molecule has 0 fully saturated rings. The van der Waals surface area contributed by atoms with Crippen molar-refractivity contribution in [1.82, 2.24) is 24.7 Å². The summed E-state index contributed by atoms with van der Waals surface area (Å²) in [5, 5.41) is 3.31. The highest BCUT2D eigenvalue weighted by Crippen LogP contribution is 2.26. The number of nitrogens with zero attached hydrogens (tertiary/aromatic N) is 3. The summed E-state index contributed by atoms with van der Waals surface area (Å²) >= 11 is 2.97. The number of imidazole rings is 1. The number of aromatic amines is 1. The number of H-pyrrole nitrogens is 1. The van der Waals surface area contributed by atoms with E-state index >= 15 is 0 Å². The van der Waals surface area contributed by atoms with Crippen molar-refractivity contribution in [3.05, 3.63) is 62.9 Å². The molecular formula is C20H21N5O2S2. The number of carbonyl (C=O) groups excluding carboxylic acids is 1. The molecule has 0 aromatic carbocycles. The SMILES string of the molecule is Cc1sc2nc(CSC(C)C(=O)NCc3cn4ccccc4n3)[nH]c(=O)c2c1C. The van der Waals surface area contributed by atoms with Crippen LogP contribution in [0, 0.1) is 13.8 Å². The van der Waals surface area contributed by atoms with Gasteiger partial charge >= 0.3 is 0 Å². The van der Waals surface area contributed by atoms with Crippen LogP contribution >= 0.6 is 23.1 Å². The van der Waals surface area contributed by atoms with Gasteiger partial charge in [0.2, 0.25) is 5.91 Å². The molecule has 0 aliphatic rings. The van der Waals surface area contributed by atoms with E-state index in [0.717, 1.165) is 26.6 Å². The summed E-state index contributed by atoms with van der Waals surface area (Å²) < 4.78 is 1.92. The number of amides is 1. The fourth-order valence-electron chi connectivity index (χ4n) is 3.04. The zero-order valence-corrected chi connectivity index (χ0v) is 18.0. The summed E-state index contributed by atoms with van der Waals surface area (Å²) in [4.78, 5) is 38.5. The topological polar surface area (TPSA) is 92.2 Å². The van der Waals surface area contributed by atoms with Crippen molar-refractivity contribution in [2.45, 2.75) is 38.3 Å². The van der Waals surface area contributed by atoms with Crippen molar-refractivity contribution in [1.29, 1.82) is 0 Å². The Labute approximate surface area is 175 Å². The third kappa shape index (κ3) is 4.06. The first kappa shape index (κ1) is 19.7. The highest BCUT2D eigenvalue weighted by molar-refractivity contribution is 7.99. The number of pyridine rings is 1. The lowest BCUT2D eigenvalue weighted by Gasteiger charge is -2.11. The highest BCUT2D eigenvalue weighted by atomic mass is 32.2. The Balaban J connectivity index is 1.36. The number of carbonyl (C=O) groups is 1. The van der Waals surface area contributed by atoms with Gasteiger partial charge in [-0.1, -0.05) is 6.07 Å². The molecule has 7 nitrogen and oxygen atoms in total. The van der Waals surface area contributed by atoms with Gasteiger partial charge in [0.05, 0.1) is 28.6 Å². The summed E-state index contributed by atoms with van der Waals surface area (Å²) in [6.45, 7) is 6.15. The first-order chi connectivity index (χ1) is 13.9. The maximum Gasteiger partial charge on any atom is 0.259 e. The lowest BCUT2D eigenvalue weighted by molar-refractivity contribution is -0.120. The van der Waals surface area contributed by atoms with Crippen LogP contribution in [0.25, 0.3) is 15.9 Å². The summed E-state index contributed by atoms with van der Waals surface area (Å²) in [5.41, 5.74) is 2.53. The van der Waals surface area contributed by atoms with E-state index in [9.17, 15) is 9.59 Å². The standard InChI is InChI=1S/C20H21N5O2S2/c1-11-12(2)29-20-17(11)19(27)23-15(24-20)10-28-13(3)18(26)21-8-14-9-25-7-5-4-6-16(25)22-14/h4-7,9,13H,8,10H2,1-3H3,(H,21,26)(H,23,24,27). The smallest absolute Gasteiger partial charge is 0.259 e. The van der Waals surface area contributed by atoms with Crippen LogP contribution in [-0.4, -0.2) is 30.5 Å². The number of thiophene rings is 1. The van der Waals surface area contributed by atoms with Crippen LogP contribution in [0.5, 0.6) is 0 Å². The molecule has 0 radical (unpaired) electrons. The minimum atomic E-state index is -0.278. The zero-order chi connectivity index (χ0) is 20.5. The van der Waals surface area contributed by atoms with Crippen LogP contribution in [0.3, 0.4) is 0 Å². The number of hydrogen-bond acceptors (Lipinski definition) is 6. The van der Waals surface area contributed by atoms with Gasteiger partial charge in [0.1, 0.15) is 16.3 Å². The van der Waals surface area contributed by atoms with Crippen molar-refractivity contribution in [2.24, 2.45) is 0 Å². The molecule has 1 unspecified atom stereocenters. The maximum absolute atomic E-state index is 12.4. The minimum Gasteiger partial charge on any atom is -0.349 e. The minimum absolute atomic E-state index is 0.0710. The van der Waals surface area contributed by atoms with Crippen molar-refractivity contribution in [3.8, 4) is 0 Å². The number of aryl methyl sites for hydroxylation is 2. The van der Waals surface area contributed by atoms with Crippen LogP contribution < -0.4 is 10.9 Å². The molecule has 0 aliphatic heterocycles. The largest absolute Gasteiger partial charge is 0.349 e. The van der Waals surface area contributed by atoms with E-state index in [1.54, 1.807) is 0 Å². The fourth-order valence-corrected chi connectivity index (χ4v) is 4.87.